The van der Waals surface area contributed by atoms with Gasteiger partial charge in [-0.15, -0.1) is 0 Å². The number of nitrogens with zero attached hydrogens (tertiary/aromatic N) is 3. The van der Waals surface area contributed by atoms with Gasteiger partial charge in [-0.05, 0) is 44.5 Å². The molecule has 1 heterocycles. The quantitative estimate of drug-likeness (QED) is 0.301. The fraction of sp³-hybridized carbons (Fsp3) is 0.517. The Bertz CT molecular complexity index is 1440. The van der Waals surface area contributed by atoms with Crippen LogP contribution in [0.5, 0.6) is 5.75 Å². The summed E-state index contributed by atoms with van der Waals surface area (Å²) in [7, 11) is 6.57. The molecule has 5 rings (SSSR count). The molecule has 0 aromatic heterocycles. The van der Waals surface area contributed by atoms with Crippen molar-refractivity contribution in [3.05, 3.63) is 39.7 Å². The number of benzene rings is 1. The minimum atomic E-state index is -2.73. The Morgan fingerprint density at radius 3 is 2.26 bits per heavy atom. The van der Waals surface area contributed by atoms with Crippen molar-refractivity contribution < 1.29 is 44.3 Å². The molecule has 6 N–H and O–H groups in total. The van der Waals surface area contributed by atoms with E-state index in [4.69, 9.17) is 10.5 Å². The van der Waals surface area contributed by atoms with E-state index in [0.717, 1.165) is 0 Å². The number of anilines is 1. The van der Waals surface area contributed by atoms with Crippen molar-refractivity contribution in [2.45, 2.75) is 31.9 Å². The summed E-state index contributed by atoms with van der Waals surface area (Å²) < 4.78 is 5.32. The predicted octanol–water partition coefficient (Wildman–Crippen LogP) is 0.139. The molecule has 1 saturated carbocycles. The third kappa shape index (κ3) is 4.26. The minimum Gasteiger partial charge on any atom is -0.508 e. The van der Waals surface area contributed by atoms with Gasteiger partial charge in [0.15, 0.2) is 11.4 Å². The second-order valence-electron chi connectivity index (χ2n) is 11.4. The van der Waals surface area contributed by atoms with Crippen LogP contribution in [0.1, 0.15) is 35.3 Å². The van der Waals surface area contributed by atoms with Gasteiger partial charge >= 0.3 is 0 Å². The monoisotopic (exact) mass is 586 g/mol. The van der Waals surface area contributed by atoms with Crippen LogP contribution < -0.4 is 10.6 Å². The first-order chi connectivity index (χ1) is 19.2. The van der Waals surface area contributed by atoms with E-state index >= 15 is 0 Å². The van der Waals surface area contributed by atoms with Gasteiger partial charge in [-0.3, -0.25) is 24.1 Å². The number of rotatable bonds is 4. The molecule has 0 spiro atoms. The van der Waals surface area contributed by atoms with Crippen LogP contribution in [0.15, 0.2) is 23.0 Å². The maximum atomic E-state index is 14.1. The normalized spacial score (nSPS) is 27.3. The number of phenols is 1. The molecule has 0 bridgehead atoms. The van der Waals surface area contributed by atoms with Crippen LogP contribution in [0.2, 0.25) is 0 Å². The molecule has 2 fully saturated rings. The number of aromatic hydroxyl groups is 1. The van der Waals surface area contributed by atoms with E-state index in [9.17, 15) is 39.6 Å². The van der Waals surface area contributed by atoms with Gasteiger partial charge in [0.1, 0.15) is 22.8 Å². The zero-order valence-electron chi connectivity index (χ0n) is 23.3. The molecule has 1 aromatic rings. The third-order valence-corrected chi connectivity index (χ3v) is 8.71. The topological polar surface area (TPSA) is 194 Å². The molecule has 2 amide bonds. The first kappa shape index (κ1) is 31.0. The molecular weight excluding hydrogens is 548 g/mol. The lowest BCUT2D eigenvalue weighted by atomic mass is 9.57. The summed E-state index contributed by atoms with van der Waals surface area (Å²) in [5.74, 6) is -7.88. The van der Waals surface area contributed by atoms with Gasteiger partial charge in [-0.2, -0.15) is 0 Å². The molecule has 4 aliphatic rings. The smallest absolute Gasteiger partial charge is 0.257 e. The van der Waals surface area contributed by atoms with Crippen LogP contribution in [0.3, 0.4) is 0 Å². The number of carbonyl (C=O) groups is 4. The Morgan fingerprint density at radius 2 is 1.71 bits per heavy atom. The van der Waals surface area contributed by atoms with Crippen LogP contribution in [0.4, 0.5) is 5.69 Å². The molecule has 13 nitrogen and oxygen atoms in total. The summed E-state index contributed by atoms with van der Waals surface area (Å²) in [6.07, 6.45) is 0.107. The summed E-state index contributed by atoms with van der Waals surface area (Å²) in [4.78, 5) is 57.6. The van der Waals surface area contributed by atoms with Crippen molar-refractivity contribution in [1.29, 1.82) is 0 Å². The van der Waals surface area contributed by atoms with E-state index in [-0.39, 0.29) is 37.0 Å². The largest absolute Gasteiger partial charge is 0.508 e. The van der Waals surface area contributed by atoms with Crippen molar-refractivity contribution >= 4 is 34.8 Å². The van der Waals surface area contributed by atoms with Crippen molar-refractivity contribution in [1.82, 2.24) is 9.80 Å². The average molecular weight is 587 g/mol. The van der Waals surface area contributed by atoms with Crippen LogP contribution in [0.25, 0.3) is 5.76 Å². The molecule has 228 valence electrons. The number of ketones is 2. The fourth-order valence-electron chi connectivity index (χ4n) is 6.79. The number of primary amides is 1. The van der Waals surface area contributed by atoms with E-state index in [1.165, 1.54) is 9.80 Å². The van der Waals surface area contributed by atoms with Crippen LogP contribution >= 0.6 is 0 Å². The molecule has 1 aromatic carbocycles. The molecule has 0 unspecified atom stereocenters. The number of morpholine rings is 1. The first-order valence-corrected chi connectivity index (χ1v) is 13.3. The van der Waals surface area contributed by atoms with Crippen LogP contribution in [0, 0.1) is 11.8 Å². The second-order valence-corrected chi connectivity index (χ2v) is 11.4. The highest BCUT2D eigenvalue weighted by Gasteiger charge is 2.64. The number of phenolic OH excluding ortho intramolecular Hbond substituents is 1. The summed E-state index contributed by atoms with van der Waals surface area (Å²) in [6, 6.07) is 0.383. The zero-order chi connectivity index (χ0) is 30.1. The van der Waals surface area contributed by atoms with Gasteiger partial charge in [0, 0.05) is 44.4 Å². The number of amides is 2. The molecule has 0 radical (unpaired) electrons. The fourth-order valence-corrected chi connectivity index (χ4v) is 6.79. The van der Waals surface area contributed by atoms with Crippen molar-refractivity contribution in [2.24, 2.45) is 17.6 Å². The Hall–Kier alpha value is -3.94. The SMILES string of the molecule is C.CN(C)c1cc(C(=O)N2CCOCC2)c(O)c2c1C[C@H]1C[C@H]3[C@H](N(C)C)C(=O)C(C(N)=O)=C(O)[C@@]3(O)C(=O)C1=C2O. The van der Waals surface area contributed by atoms with Gasteiger partial charge in [-0.25, -0.2) is 0 Å². The Morgan fingerprint density at radius 1 is 1.10 bits per heavy atom. The third-order valence-electron chi connectivity index (χ3n) is 8.71. The molecule has 13 heteroatoms. The first-order valence-electron chi connectivity index (χ1n) is 13.3. The number of ether oxygens (including phenoxy) is 1. The number of fused-ring (bicyclic) bond motifs is 3. The van der Waals surface area contributed by atoms with E-state index in [2.05, 4.69) is 0 Å². The van der Waals surface area contributed by atoms with E-state index in [0.29, 0.717) is 37.6 Å². The summed E-state index contributed by atoms with van der Waals surface area (Å²) in [5.41, 5.74) is 2.32. The molecule has 4 atom stereocenters. The number of aliphatic hydroxyl groups is 3. The van der Waals surface area contributed by atoms with Gasteiger partial charge in [0.2, 0.25) is 5.78 Å². The van der Waals surface area contributed by atoms with Gasteiger partial charge in [0.05, 0.1) is 30.4 Å². The Balaban J connectivity index is 0.00000405. The number of hydrogen-bond acceptors (Lipinski definition) is 11. The maximum Gasteiger partial charge on any atom is 0.257 e. The highest BCUT2D eigenvalue weighted by atomic mass is 16.5. The van der Waals surface area contributed by atoms with E-state index < -0.39 is 69.7 Å². The predicted molar refractivity (Wildman–Crippen MR) is 152 cm³/mol. The van der Waals surface area contributed by atoms with Crippen LogP contribution in [-0.2, 0) is 25.5 Å². The van der Waals surface area contributed by atoms with E-state index in [1.54, 1.807) is 39.2 Å². The minimum absolute atomic E-state index is 0. The highest BCUT2D eigenvalue weighted by Crippen LogP contribution is 2.54. The lowest BCUT2D eigenvalue weighted by Crippen LogP contribution is -2.65. The Labute approximate surface area is 243 Å². The lowest BCUT2D eigenvalue weighted by Gasteiger charge is -2.50. The summed E-state index contributed by atoms with van der Waals surface area (Å²) in [5, 5.41) is 45.7. The summed E-state index contributed by atoms with van der Waals surface area (Å²) >= 11 is 0. The number of likely N-dealkylation sites (N-methyl/N-ethyl adjacent to an activating group) is 1. The van der Waals surface area contributed by atoms with Crippen LogP contribution in [-0.4, -0.2) is 120 Å². The number of hydrogen-bond donors (Lipinski definition) is 5. The Kier molecular flexibility index (Phi) is 7.91. The van der Waals surface area contributed by atoms with Crippen molar-refractivity contribution in [2.75, 3.05) is 59.4 Å². The second kappa shape index (κ2) is 10.7. The molecular formula is C29H38N4O9. The van der Waals surface area contributed by atoms with Crippen molar-refractivity contribution in [3.63, 3.8) is 0 Å². The molecule has 3 aliphatic carbocycles. The highest BCUT2D eigenvalue weighted by molar-refractivity contribution is 6.24. The van der Waals surface area contributed by atoms with Crippen molar-refractivity contribution in [3.8, 4) is 5.75 Å². The van der Waals surface area contributed by atoms with Gasteiger partial charge in [-0.1, -0.05) is 7.43 Å². The average Bonchev–Trinajstić information content (AvgIpc) is 2.90. The lowest BCUT2D eigenvalue weighted by molar-refractivity contribution is -0.153. The standard InChI is InChI=1S/C28H34N4O9.CH4/c1-30(2)16-11-14(27(39)32-5-7-41-8-6-32)21(33)18-13(16)9-12-10-15-20(31(3)4)23(35)19(26(29)38)25(37)28(15,40)24(36)17(12)22(18)34;/h11-12,15,20,33-34,37,40H,5-10H2,1-4H3,(H2,29,38);1H4/t12-,15-,20-,28-;/m0./s1. The number of carbonyl (C=O) groups excluding carboxylic acids is 4. The van der Waals surface area contributed by atoms with E-state index in [1.807, 2.05) is 0 Å². The van der Waals surface area contributed by atoms with Gasteiger partial charge in [0.25, 0.3) is 11.8 Å². The maximum absolute atomic E-state index is 14.1. The summed E-state index contributed by atoms with van der Waals surface area (Å²) in [6.45, 7) is 1.30. The van der Waals surface area contributed by atoms with Gasteiger partial charge < -0.3 is 40.7 Å². The number of nitrogens with two attached hydrogens (primary N) is 1. The molecule has 1 aliphatic heterocycles. The molecule has 42 heavy (non-hydrogen) atoms. The molecule has 1 saturated heterocycles. The number of Topliss-reactive ketones (excluding diaryl/α,β-unsaturated/α-hetero) is 2. The zero-order valence-corrected chi connectivity index (χ0v) is 23.3. The number of aliphatic hydroxyl groups excluding tert-OH is 2.